The predicted molar refractivity (Wildman–Crippen MR) is 287 cm³/mol. The minimum absolute atomic E-state index is 0. The molecule has 2 unspecified atom stereocenters. The predicted octanol–water partition coefficient (Wildman–Crippen LogP) is 13.9. The molecule has 14 nitrogen and oxygen atoms in total. The van der Waals surface area contributed by atoms with Crippen LogP contribution in [0.5, 0.6) is 0 Å². The summed E-state index contributed by atoms with van der Waals surface area (Å²) in [6, 6.07) is 11.6. The topological polar surface area (TPSA) is 220 Å². The van der Waals surface area contributed by atoms with Crippen molar-refractivity contribution in [1.29, 1.82) is 0 Å². The fourth-order valence-corrected chi connectivity index (χ4v) is 8.42. The molecule has 0 saturated carbocycles. The van der Waals surface area contributed by atoms with Crippen LogP contribution < -0.4 is 0 Å². The van der Waals surface area contributed by atoms with Gasteiger partial charge in [0.2, 0.25) is 0 Å². The molecular weight excluding hydrogens is 1000 g/mol. The van der Waals surface area contributed by atoms with Crippen LogP contribution in [0.25, 0.3) is 0 Å². The Morgan fingerprint density at radius 2 is 0.562 bits per heavy atom. The van der Waals surface area contributed by atoms with Crippen LogP contribution in [0.3, 0.4) is 0 Å². The van der Waals surface area contributed by atoms with Crippen molar-refractivity contribution >= 4 is 81.9 Å². The van der Waals surface area contributed by atoms with Crippen LogP contribution in [0, 0.1) is 0 Å². The van der Waals surface area contributed by atoms with Gasteiger partial charge in [-0.05, 0) is 51.0 Å². The van der Waals surface area contributed by atoms with Crippen molar-refractivity contribution in [2.24, 2.45) is 0 Å². The van der Waals surface area contributed by atoms with Gasteiger partial charge in [-0.2, -0.15) is 0 Å². The van der Waals surface area contributed by atoms with Gasteiger partial charge in [-0.25, -0.2) is 36.0 Å². The minimum Gasteiger partial charge on any atom is -0.745 e. The molecule has 2 atom stereocenters. The van der Waals surface area contributed by atoms with Gasteiger partial charge in [0, 0.05) is 0 Å². The molecule has 0 heterocycles. The van der Waals surface area contributed by atoms with Gasteiger partial charge in [0.1, 0.15) is 20.2 Å². The van der Waals surface area contributed by atoms with E-state index in [0.717, 1.165) is 52.4 Å². The van der Waals surface area contributed by atoms with Gasteiger partial charge in [-0.1, -0.05) is 231 Å². The Labute approximate surface area is 470 Å². The number of ether oxygens (including phenoxy) is 4. The van der Waals surface area contributed by atoms with E-state index >= 15 is 0 Å². The Kier molecular flexibility index (Phi) is 42.9. The van der Waals surface area contributed by atoms with E-state index in [1.54, 1.807) is 12.1 Å². The van der Waals surface area contributed by atoms with Crippen LogP contribution in [-0.2, 0) is 39.2 Å². The number of hydrogen-bond donors (Lipinski definition) is 0. The maximum Gasteiger partial charge on any atom is 2.00 e. The van der Waals surface area contributed by atoms with E-state index in [-0.39, 0.29) is 73.2 Å². The van der Waals surface area contributed by atoms with E-state index in [0.29, 0.717) is 0 Å². The molecule has 0 aliphatic carbocycles. The monoisotopic (exact) mass is 1090 g/mol. The van der Waals surface area contributed by atoms with Crippen molar-refractivity contribution in [3.63, 3.8) is 0 Å². The van der Waals surface area contributed by atoms with Crippen LogP contribution in [0.4, 0.5) is 0 Å². The van der Waals surface area contributed by atoms with Crippen molar-refractivity contribution in [3.8, 4) is 0 Å². The average molecular weight is 1090 g/mol. The first-order chi connectivity index (χ1) is 34.5. The summed E-state index contributed by atoms with van der Waals surface area (Å²) < 4.78 is 85.8. The van der Waals surface area contributed by atoms with E-state index in [9.17, 15) is 45.1 Å². The molecule has 17 heteroatoms. The summed E-state index contributed by atoms with van der Waals surface area (Å²) in [5, 5.41) is 0. The van der Waals surface area contributed by atoms with Crippen LogP contribution in [0.15, 0.2) is 48.5 Å². The summed E-state index contributed by atoms with van der Waals surface area (Å²) in [4.78, 5) is 49.3. The first-order valence-electron chi connectivity index (χ1n) is 27.4. The molecule has 0 saturated heterocycles. The smallest absolute Gasteiger partial charge is 0.745 e. The zero-order valence-corrected chi connectivity index (χ0v) is 48.9. The summed E-state index contributed by atoms with van der Waals surface area (Å²) in [6.45, 7) is 6.93. The number of hydrogen-bond acceptors (Lipinski definition) is 14. The van der Waals surface area contributed by atoms with Gasteiger partial charge in [0.15, 0.2) is 10.9 Å². The quantitative estimate of drug-likeness (QED) is 0.0198. The maximum absolute atomic E-state index is 12.4. The Bertz CT molecular complexity index is 1850. The van der Waals surface area contributed by atoms with Crippen molar-refractivity contribution in [2.75, 3.05) is 13.2 Å². The normalized spacial score (nSPS) is 12.1. The van der Waals surface area contributed by atoms with Crippen LogP contribution in [0.2, 0.25) is 0 Å². The molecule has 0 N–H and O–H groups in total. The third-order valence-electron chi connectivity index (χ3n) is 12.6. The van der Waals surface area contributed by atoms with Crippen molar-refractivity contribution < 1.29 is 64.1 Å². The van der Waals surface area contributed by atoms with Gasteiger partial charge in [-0.3, -0.25) is 0 Å². The van der Waals surface area contributed by atoms with Crippen molar-refractivity contribution in [1.82, 2.24) is 0 Å². The fourth-order valence-electron chi connectivity index (χ4n) is 8.01. The molecule has 0 amide bonds. The minimum atomic E-state index is -4.79. The SMILES string of the molecule is CCCCCCCCCCCCCCCCCCOC(=O)c1ccccc1C(=O)OC(C)S(=O)(=O)[O-].CCCCCCCCCCCCCCCCCCOC(=O)c1ccccc1C(=O)OC(C)S(=O)(=O)[O-].[Ca+2]. The third kappa shape index (κ3) is 36.1. The van der Waals surface area contributed by atoms with E-state index < -0.39 is 55.0 Å². The molecule has 0 spiro atoms. The number of unbranched alkanes of at least 4 members (excludes halogenated alkanes) is 30. The number of carbonyl (C=O) groups is 4. The largest absolute Gasteiger partial charge is 2.00 e. The number of benzene rings is 2. The maximum atomic E-state index is 12.4. The number of rotatable bonds is 42. The molecule has 0 radical (unpaired) electrons. The third-order valence-corrected chi connectivity index (χ3v) is 14.4. The zero-order valence-electron chi connectivity index (χ0n) is 45.1. The van der Waals surface area contributed by atoms with Crippen LogP contribution >= 0.6 is 0 Å². The summed E-state index contributed by atoms with van der Waals surface area (Å²) >= 11 is 0. The zero-order chi connectivity index (χ0) is 53.3. The Morgan fingerprint density at radius 1 is 0.370 bits per heavy atom. The Morgan fingerprint density at radius 3 is 0.767 bits per heavy atom. The van der Waals surface area contributed by atoms with E-state index in [2.05, 4.69) is 23.3 Å². The van der Waals surface area contributed by atoms with E-state index in [1.165, 1.54) is 203 Å². The molecule has 73 heavy (non-hydrogen) atoms. The molecule has 2 aromatic carbocycles. The fraction of sp³-hybridized carbons (Fsp3) is 0.714. The molecular formula is C56H90CaO14S2. The second-order valence-corrected chi connectivity index (χ2v) is 22.2. The second-order valence-electron chi connectivity index (χ2n) is 18.9. The first kappa shape index (κ1) is 70.4. The molecule has 2 rings (SSSR count). The summed E-state index contributed by atoms with van der Waals surface area (Å²) in [5.41, 5.74) is -4.00. The molecule has 0 fully saturated rings. The average Bonchev–Trinajstić information content (AvgIpc) is 3.35. The van der Waals surface area contributed by atoms with Gasteiger partial charge in [0.05, 0.1) is 35.5 Å². The van der Waals surface area contributed by atoms with E-state index in [1.807, 2.05) is 0 Å². The van der Waals surface area contributed by atoms with E-state index in [4.69, 9.17) is 9.47 Å². The van der Waals surface area contributed by atoms with Gasteiger partial charge in [0.25, 0.3) is 0 Å². The summed E-state index contributed by atoms with van der Waals surface area (Å²) in [7, 11) is -9.58. The second kappa shape index (κ2) is 44.5. The molecule has 0 aliphatic rings. The van der Waals surface area contributed by atoms with Gasteiger partial charge >= 0.3 is 61.6 Å². The Balaban J connectivity index is 0.00000140. The number of esters is 4. The van der Waals surface area contributed by atoms with Gasteiger partial charge in [-0.15, -0.1) is 0 Å². The first-order valence-corrected chi connectivity index (χ1v) is 30.3. The summed E-state index contributed by atoms with van der Waals surface area (Å²) in [5.74, 6) is -3.48. The van der Waals surface area contributed by atoms with Crippen LogP contribution in [-0.4, -0.2) is 112 Å². The van der Waals surface area contributed by atoms with Crippen molar-refractivity contribution in [3.05, 3.63) is 70.8 Å². The summed E-state index contributed by atoms with van der Waals surface area (Å²) in [6.07, 6.45) is 40.3. The molecule has 2 aromatic rings. The van der Waals surface area contributed by atoms with Gasteiger partial charge < -0.3 is 28.1 Å². The molecule has 0 bridgehead atoms. The van der Waals surface area contributed by atoms with Crippen molar-refractivity contribution in [2.45, 2.75) is 244 Å². The number of carbonyl (C=O) groups excluding carboxylic acids is 4. The standard InChI is InChI=1S/2C28H46O7S.Ca/c2*1-3-4-5-6-7-8-9-10-11-12-13-14-15-16-17-20-23-34-27(29)25-21-18-19-22-26(25)28(30)35-24(2)36(31,32)33;/h2*18-19,21-22,24H,3-17,20,23H2,1-2H3,(H,31,32,33);/q;;+2/p-2. The molecule has 0 aromatic heterocycles. The molecule has 0 aliphatic heterocycles. The molecule has 412 valence electrons. The Hall–Kier alpha value is -2.60. The van der Waals surface area contributed by atoms with Crippen LogP contribution in [0.1, 0.15) is 275 Å².